The molecule has 2 rings (SSSR count). The van der Waals surface area contributed by atoms with Gasteiger partial charge in [-0.05, 0) is 24.3 Å². The molecule has 0 unspecified atom stereocenters. The van der Waals surface area contributed by atoms with Crippen molar-refractivity contribution in [1.29, 1.82) is 0 Å². The molecule has 0 saturated heterocycles. The zero-order valence-electron chi connectivity index (χ0n) is 11.2. The monoisotopic (exact) mass is 303 g/mol. The summed E-state index contributed by atoms with van der Waals surface area (Å²) in [5.41, 5.74) is 6.39. The summed E-state index contributed by atoms with van der Waals surface area (Å²) in [7, 11) is 0. The van der Waals surface area contributed by atoms with Crippen LogP contribution in [0.2, 0.25) is 0 Å². The molecule has 0 spiro atoms. The number of hydrogen-bond acceptors (Lipinski definition) is 3. The number of nitrogens with two attached hydrogens (primary N) is 1. The maximum absolute atomic E-state index is 12.9. The molecule has 0 aliphatic rings. The molecule has 0 fully saturated rings. The summed E-state index contributed by atoms with van der Waals surface area (Å²) in [4.78, 5) is 18.2. The first-order valence-electron chi connectivity index (χ1n) is 6.34. The third-order valence-electron chi connectivity index (χ3n) is 2.84. The van der Waals surface area contributed by atoms with Crippen molar-refractivity contribution in [2.24, 2.45) is 5.73 Å². The Labute approximate surface area is 127 Å². The van der Waals surface area contributed by atoms with Crippen molar-refractivity contribution in [3.8, 4) is 0 Å². The molecule has 0 radical (unpaired) electrons. The predicted molar refractivity (Wildman–Crippen MR) is 83.7 cm³/mol. The van der Waals surface area contributed by atoms with Gasteiger partial charge < -0.3 is 10.6 Å². The Balaban J connectivity index is 2.28. The van der Waals surface area contributed by atoms with Gasteiger partial charge in [-0.2, -0.15) is 0 Å². The van der Waals surface area contributed by atoms with E-state index < -0.39 is 5.82 Å². The van der Waals surface area contributed by atoms with Crippen LogP contribution in [0.1, 0.15) is 16.9 Å². The number of thiocarbonyl (C=S) groups is 1. The smallest absolute Gasteiger partial charge is 0.276 e. The SMILES string of the molecule is NC(=S)CCN(C(=O)c1ccc(F)cn1)c1ccccc1. The molecule has 6 heteroatoms. The average molecular weight is 303 g/mol. The number of anilines is 1. The predicted octanol–water partition coefficient (Wildman–Crippen LogP) is 2.54. The standard InChI is InChI=1S/C15H14FN3OS/c16-11-6-7-13(18-10-11)15(20)19(9-8-14(17)21)12-4-2-1-3-5-12/h1-7,10H,8-9H2,(H2,17,21). The van der Waals surface area contributed by atoms with Crippen LogP contribution in [0.5, 0.6) is 0 Å². The van der Waals surface area contributed by atoms with Gasteiger partial charge in [-0.1, -0.05) is 30.4 Å². The number of pyridine rings is 1. The first-order valence-corrected chi connectivity index (χ1v) is 6.75. The number of carbonyl (C=O) groups is 1. The number of aromatic nitrogens is 1. The molecule has 4 nitrogen and oxygen atoms in total. The minimum Gasteiger partial charge on any atom is -0.393 e. The largest absolute Gasteiger partial charge is 0.393 e. The van der Waals surface area contributed by atoms with Gasteiger partial charge >= 0.3 is 0 Å². The van der Waals surface area contributed by atoms with Crippen molar-refractivity contribution in [2.45, 2.75) is 6.42 Å². The molecule has 0 bridgehead atoms. The Bertz CT molecular complexity index is 631. The summed E-state index contributed by atoms with van der Waals surface area (Å²) >= 11 is 4.86. The molecule has 2 N–H and O–H groups in total. The van der Waals surface area contributed by atoms with E-state index in [2.05, 4.69) is 4.98 Å². The molecule has 108 valence electrons. The van der Waals surface area contributed by atoms with Crippen LogP contribution in [-0.2, 0) is 0 Å². The van der Waals surface area contributed by atoms with E-state index in [0.29, 0.717) is 23.6 Å². The number of rotatable bonds is 5. The number of hydrogen-bond donors (Lipinski definition) is 1. The lowest BCUT2D eigenvalue weighted by Gasteiger charge is -2.22. The van der Waals surface area contributed by atoms with Gasteiger partial charge in [-0.25, -0.2) is 9.37 Å². The third kappa shape index (κ3) is 4.06. The van der Waals surface area contributed by atoms with E-state index in [1.54, 1.807) is 12.1 Å². The van der Waals surface area contributed by atoms with Crippen molar-refractivity contribution in [1.82, 2.24) is 4.98 Å². The van der Waals surface area contributed by atoms with Gasteiger partial charge in [-0.3, -0.25) is 4.79 Å². The van der Waals surface area contributed by atoms with Gasteiger partial charge in [0.2, 0.25) is 0 Å². The zero-order chi connectivity index (χ0) is 15.2. The lowest BCUT2D eigenvalue weighted by atomic mass is 10.2. The first kappa shape index (κ1) is 15.1. The fourth-order valence-electron chi connectivity index (χ4n) is 1.82. The van der Waals surface area contributed by atoms with Crippen LogP contribution in [0, 0.1) is 5.82 Å². The number of benzene rings is 1. The van der Waals surface area contributed by atoms with Crippen molar-refractivity contribution in [3.63, 3.8) is 0 Å². The minimum absolute atomic E-state index is 0.170. The molecule has 1 amide bonds. The fraction of sp³-hybridized carbons (Fsp3) is 0.133. The van der Waals surface area contributed by atoms with E-state index in [0.717, 1.165) is 6.20 Å². The van der Waals surface area contributed by atoms with E-state index >= 15 is 0 Å². The quantitative estimate of drug-likeness (QED) is 0.862. The number of carbonyl (C=O) groups excluding carboxylic acids is 1. The molecular formula is C15H14FN3OS. The summed E-state index contributed by atoms with van der Waals surface area (Å²) < 4.78 is 12.9. The van der Waals surface area contributed by atoms with Crippen LogP contribution in [0.3, 0.4) is 0 Å². The lowest BCUT2D eigenvalue weighted by Crippen LogP contribution is -2.34. The number of amides is 1. The summed E-state index contributed by atoms with van der Waals surface area (Å²) in [5.74, 6) is -0.807. The molecule has 2 aromatic rings. The average Bonchev–Trinajstić information content (AvgIpc) is 2.49. The Morgan fingerprint density at radius 2 is 1.95 bits per heavy atom. The second kappa shape index (κ2) is 6.90. The van der Waals surface area contributed by atoms with E-state index in [1.807, 2.05) is 18.2 Å². The van der Waals surface area contributed by atoms with Crippen molar-refractivity contribution < 1.29 is 9.18 Å². The summed E-state index contributed by atoms with van der Waals surface area (Å²) in [6.07, 6.45) is 1.42. The second-order valence-electron chi connectivity index (χ2n) is 4.37. The topological polar surface area (TPSA) is 59.2 Å². The highest BCUT2D eigenvalue weighted by atomic mass is 32.1. The molecule has 1 aromatic heterocycles. The Morgan fingerprint density at radius 1 is 1.24 bits per heavy atom. The number of halogens is 1. The molecule has 1 heterocycles. The fourth-order valence-corrected chi connectivity index (χ4v) is 1.91. The van der Waals surface area contributed by atoms with Crippen LogP contribution in [0.25, 0.3) is 0 Å². The third-order valence-corrected chi connectivity index (χ3v) is 3.05. The maximum atomic E-state index is 12.9. The lowest BCUT2D eigenvalue weighted by molar-refractivity contribution is 0.0983. The van der Waals surface area contributed by atoms with Crippen LogP contribution in [-0.4, -0.2) is 22.4 Å². The van der Waals surface area contributed by atoms with Gasteiger partial charge in [0, 0.05) is 18.7 Å². The maximum Gasteiger partial charge on any atom is 0.276 e. The van der Waals surface area contributed by atoms with Gasteiger partial charge in [0.05, 0.1) is 11.2 Å². The zero-order valence-corrected chi connectivity index (χ0v) is 12.0. The van der Waals surface area contributed by atoms with Crippen molar-refractivity contribution >= 4 is 28.8 Å². The highest BCUT2D eigenvalue weighted by Crippen LogP contribution is 2.16. The molecule has 0 aliphatic carbocycles. The number of para-hydroxylation sites is 1. The molecular weight excluding hydrogens is 289 g/mol. The van der Waals surface area contributed by atoms with E-state index in [-0.39, 0.29) is 11.6 Å². The molecule has 0 saturated carbocycles. The highest BCUT2D eigenvalue weighted by molar-refractivity contribution is 7.80. The molecule has 0 atom stereocenters. The summed E-state index contributed by atoms with van der Waals surface area (Å²) in [6, 6.07) is 11.7. The Morgan fingerprint density at radius 3 is 2.52 bits per heavy atom. The molecule has 0 aliphatic heterocycles. The van der Waals surface area contributed by atoms with Gasteiger partial charge in [0.1, 0.15) is 11.5 Å². The van der Waals surface area contributed by atoms with Crippen LogP contribution >= 0.6 is 12.2 Å². The Kier molecular flexibility index (Phi) is 4.94. The first-order chi connectivity index (χ1) is 10.1. The van der Waals surface area contributed by atoms with Gasteiger partial charge in [0.25, 0.3) is 5.91 Å². The van der Waals surface area contributed by atoms with E-state index in [1.165, 1.54) is 17.0 Å². The highest BCUT2D eigenvalue weighted by Gasteiger charge is 2.18. The number of nitrogens with zero attached hydrogens (tertiary/aromatic N) is 2. The van der Waals surface area contributed by atoms with Crippen LogP contribution in [0.15, 0.2) is 48.7 Å². The van der Waals surface area contributed by atoms with E-state index in [9.17, 15) is 9.18 Å². The molecule has 21 heavy (non-hydrogen) atoms. The molecule has 1 aromatic carbocycles. The van der Waals surface area contributed by atoms with Crippen molar-refractivity contribution in [2.75, 3.05) is 11.4 Å². The Hall–Kier alpha value is -2.34. The van der Waals surface area contributed by atoms with E-state index in [4.69, 9.17) is 18.0 Å². The van der Waals surface area contributed by atoms with Crippen LogP contribution < -0.4 is 10.6 Å². The minimum atomic E-state index is -0.485. The summed E-state index contributed by atoms with van der Waals surface area (Å²) in [5, 5.41) is 0. The van der Waals surface area contributed by atoms with Gasteiger partial charge in [0.15, 0.2) is 0 Å². The van der Waals surface area contributed by atoms with Crippen molar-refractivity contribution in [3.05, 3.63) is 60.2 Å². The second-order valence-corrected chi connectivity index (χ2v) is 4.89. The normalized spacial score (nSPS) is 10.1. The van der Waals surface area contributed by atoms with Crippen LogP contribution in [0.4, 0.5) is 10.1 Å². The summed E-state index contributed by atoms with van der Waals surface area (Å²) in [6.45, 7) is 0.344. The van der Waals surface area contributed by atoms with Gasteiger partial charge in [-0.15, -0.1) is 0 Å².